The summed E-state index contributed by atoms with van der Waals surface area (Å²) in [7, 11) is -3.87. The van der Waals surface area contributed by atoms with Crippen molar-refractivity contribution in [2.75, 3.05) is 10.2 Å². The highest BCUT2D eigenvalue weighted by Gasteiger charge is 2.36. The monoisotopic (exact) mass is 449 g/mol. The second-order valence-electron chi connectivity index (χ2n) is 7.19. The summed E-state index contributed by atoms with van der Waals surface area (Å²) < 4.78 is 27.2. The van der Waals surface area contributed by atoms with Crippen molar-refractivity contribution in [3.63, 3.8) is 0 Å². The van der Waals surface area contributed by atoms with Crippen molar-refractivity contribution >= 4 is 39.1 Å². The largest absolute Gasteiger partial charge is 0.325 e. The van der Waals surface area contributed by atoms with Gasteiger partial charge in [0.15, 0.2) is 0 Å². The van der Waals surface area contributed by atoms with Crippen LogP contribution in [0.1, 0.15) is 27.6 Å². The zero-order valence-corrected chi connectivity index (χ0v) is 17.8. The summed E-state index contributed by atoms with van der Waals surface area (Å²) in [6.07, 6.45) is 0. The molecule has 3 aromatic carbocycles. The molecule has 0 aliphatic carbocycles. The highest BCUT2D eigenvalue weighted by Crippen LogP contribution is 2.29. The Labute approximate surface area is 184 Å². The van der Waals surface area contributed by atoms with E-state index in [1.54, 1.807) is 60.7 Å². The SMILES string of the molecule is C[C@H](NS(=O)(=O)c1ccccc1)C(=O)Nc1cccc(N2C(=O)c3ccccc3C2=O)c1. The Morgan fingerprint density at radius 3 is 2.06 bits per heavy atom. The number of sulfonamides is 1. The molecule has 1 aliphatic heterocycles. The lowest BCUT2D eigenvalue weighted by Gasteiger charge is -2.17. The highest BCUT2D eigenvalue weighted by atomic mass is 32.2. The number of hydrogen-bond donors (Lipinski definition) is 2. The maximum absolute atomic E-state index is 12.7. The molecule has 3 amide bonds. The van der Waals surface area contributed by atoms with Gasteiger partial charge in [0.1, 0.15) is 0 Å². The minimum absolute atomic E-state index is 0.0484. The minimum atomic E-state index is -3.87. The predicted octanol–water partition coefficient (Wildman–Crippen LogP) is 2.79. The molecule has 0 radical (unpaired) electrons. The van der Waals surface area contributed by atoms with Crippen molar-refractivity contribution in [3.8, 4) is 0 Å². The van der Waals surface area contributed by atoms with Gasteiger partial charge in [0.05, 0.1) is 27.8 Å². The second kappa shape index (κ2) is 8.37. The predicted molar refractivity (Wildman–Crippen MR) is 119 cm³/mol. The van der Waals surface area contributed by atoms with Gasteiger partial charge in [-0.2, -0.15) is 4.72 Å². The van der Waals surface area contributed by atoms with Crippen molar-refractivity contribution in [2.45, 2.75) is 17.9 Å². The normalized spacial score (nSPS) is 14.2. The van der Waals surface area contributed by atoms with E-state index in [9.17, 15) is 22.8 Å². The number of fused-ring (bicyclic) bond motifs is 1. The van der Waals surface area contributed by atoms with Crippen molar-refractivity contribution in [1.29, 1.82) is 0 Å². The molecule has 1 heterocycles. The van der Waals surface area contributed by atoms with E-state index in [-0.39, 0.29) is 4.90 Å². The summed E-state index contributed by atoms with van der Waals surface area (Å²) in [6, 6.07) is 19.4. The Balaban J connectivity index is 1.49. The maximum atomic E-state index is 12.7. The summed E-state index contributed by atoms with van der Waals surface area (Å²) >= 11 is 0. The number of carbonyl (C=O) groups is 3. The first-order chi connectivity index (χ1) is 15.3. The molecule has 2 N–H and O–H groups in total. The fourth-order valence-electron chi connectivity index (χ4n) is 3.35. The number of benzene rings is 3. The number of nitrogens with zero attached hydrogens (tertiary/aromatic N) is 1. The van der Waals surface area contributed by atoms with E-state index in [4.69, 9.17) is 0 Å². The van der Waals surface area contributed by atoms with Gasteiger partial charge in [-0.25, -0.2) is 13.3 Å². The number of nitrogens with one attached hydrogen (secondary N) is 2. The fourth-order valence-corrected chi connectivity index (χ4v) is 4.57. The highest BCUT2D eigenvalue weighted by molar-refractivity contribution is 7.89. The zero-order chi connectivity index (χ0) is 22.9. The lowest BCUT2D eigenvalue weighted by molar-refractivity contribution is -0.117. The van der Waals surface area contributed by atoms with E-state index in [2.05, 4.69) is 10.0 Å². The van der Waals surface area contributed by atoms with Crippen LogP contribution in [0.4, 0.5) is 11.4 Å². The second-order valence-corrected chi connectivity index (χ2v) is 8.90. The van der Waals surface area contributed by atoms with Gasteiger partial charge in [-0.05, 0) is 49.4 Å². The lowest BCUT2D eigenvalue weighted by Crippen LogP contribution is -2.41. The van der Waals surface area contributed by atoms with E-state index < -0.39 is 33.8 Å². The molecule has 0 saturated heterocycles. The Morgan fingerprint density at radius 2 is 1.44 bits per heavy atom. The molecule has 32 heavy (non-hydrogen) atoms. The average molecular weight is 449 g/mol. The first-order valence-corrected chi connectivity index (χ1v) is 11.2. The van der Waals surface area contributed by atoms with Crippen molar-refractivity contribution in [1.82, 2.24) is 4.72 Å². The summed E-state index contributed by atoms with van der Waals surface area (Å²) in [5.74, 6) is -1.49. The molecule has 0 bridgehead atoms. The smallest absolute Gasteiger partial charge is 0.266 e. The number of amides is 3. The van der Waals surface area contributed by atoms with E-state index in [0.29, 0.717) is 22.5 Å². The van der Waals surface area contributed by atoms with Crippen LogP contribution >= 0.6 is 0 Å². The number of anilines is 2. The van der Waals surface area contributed by atoms with Crippen LogP contribution in [0.3, 0.4) is 0 Å². The van der Waals surface area contributed by atoms with Crippen LogP contribution in [0.5, 0.6) is 0 Å². The summed E-state index contributed by atoms with van der Waals surface area (Å²) in [5, 5.41) is 2.62. The third-order valence-corrected chi connectivity index (χ3v) is 6.50. The summed E-state index contributed by atoms with van der Waals surface area (Å²) in [5.41, 5.74) is 1.24. The van der Waals surface area contributed by atoms with E-state index >= 15 is 0 Å². The van der Waals surface area contributed by atoms with Gasteiger partial charge in [-0.3, -0.25) is 14.4 Å². The summed E-state index contributed by atoms with van der Waals surface area (Å²) in [6.45, 7) is 1.42. The lowest BCUT2D eigenvalue weighted by atomic mass is 10.1. The standard InChI is InChI=1S/C23H19N3O5S/c1-15(25-32(30,31)18-10-3-2-4-11-18)21(27)24-16-8-7-9-17(14-16)26-22(28)19-12-5-6-13-20(19)23(26)29/h2-15,25H,1H3,(H,24,27)/t15-/m0/s1. The third-order valence-electron chi connectivity index (χ3n) is 4.94. The molecule has 1 aliphatic rings. The Morgan fingerprint density at radius 1 is 0.844 bits per heavy atom. The van der Waals surface area contributed by atoms with Gasteiger partial charge in [-0.15, -0.1) is 0 Å². The molecular formula is C23H19N3O5S. The molecule has 1 atom stereocenters. The molecule has 0 fully saturated rings. The van der Waals surface area contributed by atoms with Gasteiger partial charge in [-0.1, -0.05) is 36.4 Å². The Hall–Kier alpha value is -3.82. The van der Waals surface area contributed by atoms with Crippen LogP contribution < -0.4 is 14.9 Å². The van der Waals surface area contributed by atoms with Crippen molar-refractivity contribution in [2.24, 2.45) is 0 Å². The van der Waals surface area contributed by atoms with Gasteiger partial charge < -0.3 is 5.32 Å². The van der Waals surface area contributed by atoms with Crippen molar-refractivity contribution in [3.05, 3.63) is 90.0 Å². The zero-order valence-electron chi connectivity index (χ0n) is 17.0. The molecular weight excluding hydrogens is 430 g/mol. The minimum Gasteiger partial charge on any atom is -0.325 e. The quantitative estimate of drug-likeness (QED) is 0.562. The number of imide groups is 1. The number of rotatable bonds is 6. The molecule has 4 rings (SSSR count). The first-order valence-electron chi connectivity index (χ1n) is 9.74. The van der Waals surface area contributed by atoms with E-state index in [0.717, 1.165) is 4.90 Å². The molecule has 0 spiro atoms. The molecule has 8 nitrogen and oxygen atoms in total. The number of hydrogen-bond acceptors (Lipinski definition) is 5. The van der Waals surface area contributed by atoms with Gasteiger partial charge >= 0.3 is 0 Å². The molecule has 3 aromatic rings. The van der Waals surface area contributed by atoms with Gasteiger partial charge in [0.2, 0.25) is 15.9 Å². The van der Waals surface area contributed by atoms with Gasteiger partial charge in [0, 0.05) is 5.69 Å². The molecule has 9 heteroatoms. The Kier molecular flexibility index (Phi) is 5.60. The van der Waals surface area contributed by atoms with E-state index in [1.807, 2.05) is 0 Å². The van der Waals surface area contributed by atoms with Crippen LogP contribution in [-0.4, -0.2) is 32.2 Å². The molecule has 0 unspecified atom stereocenters. The topological polar surface area (TPSA) is 113 Å². The van der Waals surface area contributed by atoms with Crippen LogP contribution in [0.15, 0.2) is 83.8 Å². The maximum Gasteiger partial charge on any atom is 0.266 e. The Bertz CT molecular complexity index is 1290. The fraction of sp³-hybridized carbons (Fsp3) is 0.0870. The molecule has 162 valence electrons. The van der Waals surface area contributed by atoms with Crippen LogP contribution in [0.2, 0.25) is 0 Å². The molecule has 0 saturated carbocycles. The average Bonchev–Trinajstić information content (AvgIpc) is 3.04. The van der Waals surface area contributed by atoms with Gasteiger partial charge in [0.25, 0.3) is 11.8 Å². The molecule has 0 aromatic heterocycles. The number of carbonyl (C=O) groups excluding carboxylic acids is 3. The van der Waals surface area contributed by atoms with Crippen LogP contribution in [0, 0.1) is 0 Å². The first kappa shape index (κ1) is 21.4. The van der Waals surface area contributed by atoms with Crippen LogP contribution in [0.25, 0.3) is 0 Å². The van der Waals surface area contributed by atoms with Crippen LogP contribution in [-0.2, 0) is 14.8 Å². The third kappa shape index (κ3) is 4.03. The van der Waals surface area contributed by atoms with Crippen molar-refractivity contribution < 1.29 is 22.8 Å². The summed E-state index contributed by atoms with van der Waals surface area (Å²) in [4.78, 5) is 39.0. The van der Waals surface area contributed by atoms with E-state index in [1.165, 1.54) is 25.1 Å².